The van der Waals surface area contributed by atoms with E-state index in [2.05, 4.69) is 36.4 Å². The summed E-state index contributed by atoms with van der Waals surface area (Å²) in [5, 5.41) is 12.7. The molecule has 0 amide bonds. The summed E-state index contributed by atoms with van der Waals surface area (Å²) in [5.74, 6) is 1.19. The number of aromatic nitrogens is 1. The lowest BCUT2D eigenvalue weighted by atomic mass is 10.00. The van der Waals surface area contributed by atoms with Crippen molar-refractivity contribution >= 4 is 27.8 Å². The van der Waals surface area contributed by atoms with E-state index >= 15 is 0 Å². The topological polar surface area (TPSA) is 60.7 Å². The maximum atomic E-state index is 11.7. The van der Waals surface area contributed by atoms with Crippen LogP contribution in [0.5, 0.6) is 11.6 Å². The van der Waals surface area contributed by atoms with Gasteiger partial charge in [-0.15, -0.1) is 0 Å². The van der Waals surface area contributed by atoms with Crippen LogP contribution in [0.15, 0.2) is 84.9 Å². The fraction of sp³-hybridized carbons (Fsp3) is 0.167. The number of nitrogens with zero attached hydrogens (tertiary/aromatic N) is 1. The minimum Gasteiger partial charge on any atom is -0.493 e. The van der Waals surface area contributed by atoms with Crippen LogP contribution in [0.1, 0.15) is 17.5 Å². The van der Waals surface area contributed by atoms with Crippen LogP contribution in [0.3, 0.4) is 0 Å². The van der Waals surface area contributed by atoms with E-state index in [0.29, 0.717) is 25.5 Å². The molecule has 0 unspecified atom stereocenters. The highest BCUT2D eigenvalue weighted by Crippen LogP contribution is 2.41. The van der Waals surface area contributed by atoms with Crippen LogP contribution >= 0.6 is 0 Å². The van der Waals surface area contributed by atoms with Crippen LogP contribution in [0.25, 0.3) is 32.8 Å². The first kappa shape index (κ1) is 22.5. The minimum atomic E-state index is -1.33. The number of hydrogen-bond acceptors (Lipinski definition) is 3. The molecule has 0 atom stereocenters. The Hall–Kier alpha value is -4.25. The predicted molar refractivity (Wildman–Crippen MR) is 140 cm³/mol. The molecule has 5 aromatic rings. The van der Waals surface area contributed by atoms with Gasteiger partial charge in [-0.05, 0) is 43.4 Å². The Morgan fingerprint density at radius 1 is 0.857 bits per heavy atom. The molecule has 0 aliphatic carbocycles. The van der Waals surface area contributed by atoms with Crippen molar-refractivity contribution in [1.29, 1.82) is 0 Å². The number of rotatable bonds is 7. The molecular weight excluding hydrogens is 438 g/mol. The molecule has 35 heavy (non-hydrogen) atoms. The normalized spacial score (nSPS) is 11.1. The second-order valence-corrected chi connectivity index (χ2v) is 8.77. The number of aryl methyl sites for hydroxylation is 3. The Morgan fingerprint density at radius 2 is 1.54 bits per heavy atom. The molecule has 5 heteroatoms. The van der Waals surface area contributed by atoms with Gasteiger partial charge >= 0.3 is 6.16 Å². The van der Waals surface area contributed by atoms with E-state index in [0.717, 1.165) is 49.7 Å². The third-order valence-electron chi connectivity index (χ3n) is 6.15. The van der Waals surface area contributed by atoms with Gasteiger partial charge in [-0.25, -0.2) is 4.79 Å². The third-order valence-corrected chi connectivity index (χ3v) is 6.15. The molecule has 176 valence electrons. The van der Waals surface area contributed by atoms with E-state index in [1.165, 1.54) is 0 Å². The molecule has 1 N–H and O–H groups in total. The van der Waals surface area contributed by atoms with Gasteiger partial charge in [0.05, 0.1) is 17.7 Å². The molecule has 0 aliphatic rings. The highest BCUT2D eigenvalue weighted by atomic mass is 16.7. The van der Waals surface area contributed by atoms with E-state index in [-0.39, 0.29) is 0 Å². The van der Waals surface area contributed by atoms with Crippen molar-refractivity contribution in [3.8, 4) is 22.8 Å². The van der Waals surface area contributed by atoms with E-state index in [1.54, 1.807) is 0 Å². The van der Waals surface area contributed by atoms with Gasteiger partial charge in [0.2, 0.25) is 5.88 Å². The summed E-state index contributed by atoms with van der Waals surface area (Å²) in [4.78, 5) is 11.7. The number of carboxylic acid groups (broad SMARTS) is 1. The highest BCUT2D eigenvalue weighted by molar-refractivity contribution is 6.00. The monoisotopic (exact) mass is 465 g/mol. The number of para-hydroxylation sites is 1. The quantitative estimate of drug-likeness (QED) is 0.199. The molecule has 0 fully saturated rings. The molecule has 0 saturated carbocycles. The van der Waals surface area contributed by atoms with E-state index < -0.39 is 6.16 Å². The number of ether oxygens (including phenoxy) is 2. The zero-order valence-electron chi connectivity index (χ0n) is 19.8. The van der Waals surface area contributed by atoms with Gasteiger partial charge in [-0.2, -0.15) is 0 Å². The van der Waals surface area contributed by atoms with Crippen molar-refractivity contribution in [3.05, 3.63) is 96.1 Å². The molecule has 1 aromatic heterocycles. The van der Waals surface area contributed by atoms with Gasteiger partial charge < -0.3 is 19.1 Å². The van der Waals surface area contributed by atoms with Crippen LogP contribution in [0.4, 0.5) is 4.79 Å². The van der Waals surface area contributed by atoms with Crippen molar-refractivity contribution in [1.82, 2.24) is 4.57 Å². The summed E-state index contributed by atoms with van der Waals surface area (Å²) in [6, 6.07) is 28.4. The molecule has 5 nitrogen and oxygen atoms in total. The Morgan fingerprint density at radius 3 is 2.31 bits per heavy atom. The zero-order valence-corrected chi connectivity index (χ0v) is 19.8. The molecular formula is C30H27NO4. The zero-order chi connectivity index (χ0) is 24.4. The minimum absolute atomic E-state index is 0.342. The fourth-order valence-corrected chi connectivity index (χ4v) is 4.82. The lowest BCUT2D eigenvalue weighted by Gasteiger charge is -2.13. The summed E-state index contributed by atoms with van der Waals surface area (Å²) in [6.45, 7) is 5.13. The fourth-order valence-electron chi connectivity index (χ4n) is 4.82. The van der Waals surface area contributed by atoms with Gasteiger partial charge in [0.1, 0.15) is 5.75 Å². The summed E-state index contributed by atoms with van der Waals surface area (Å²) in [7, 11) is 0. The average Bonchev–Trinajstić information content (AvgIpc) is 3.13. The number of hydrogen-bond donors (Lipinski definition) is 1. The first-order valence-electron chi connectivity index (χ1n) is 11.7. The lowest BCUT2D eigenvalue weighted by Crippen LogP contribution is -2.11. The maximum absolute atomic E-state index is 11.7. The molecule has 0 radical (unpaired) electrons. The SMILES string of the molecule is Cc1cc(C)cc(-c2c(OC(=O)O)n(CCCOc3cccc4ccccc34)c3ccccc23)c1. The molecule has 1 heterocycles. The first-order chi connectivity index (χ1) is 17.0. The molecule has 0 aliphatic heterocycles. The van der Waals surface area contributed by atoms with Crippen LogP contribution in [-0.4, -0.2) is 22.4 Å². The summed E-state index contributed by atoms with van der Waals surface area (Å²) in [6.07, 6.45) is -0.642. The first-order valence-corrected chi connectivity index (χ1v) is 11.7. The van der Waals surface area contributed by atoms with Crippen molar-refractivity contribution in [2.24, 2.45) is 0 Å². The molecule has 0 spiro atoms. The Kier molecular flexibility index (Phi) is 6.15. The second-order valence-electron chi connectivity index (χ2n) is 8.77. The van der Waals surface area contributed by atoms with E-state index in [9.17, 15) is 9.90 Å². The smallest absolute Gasteiger partial charge is 0.493 e. The molecule has 0 saturated heterocycles. The van der Waals surface area contributed by atoms with Gasteiger partial charge in [0.15, 0.2) is 0 Å². The average molecular weight is 466 g/mol. The second kappa shape index (κ2) is 9.55. The molecule has 5 rings (SSSR count). The summed E-state index contributed by atoms with van der Waals surface area (Å²) >= 11 is 0. The summed E-state index contributed by atoms with van der Waals surface area (Å²) < 4.78 is 13.5. The molecule has 0 bridgehead atoms. The van der Waals surface area contributed by atoms with Gasteiger partial charge in [0.25, 0.3) is 0 Å². The largest absolute Gasteiger partial charge is 0.512 e. The summed E-state index contributed by atoms with van der Waals surface area (Å²) in [5.41, 5.74) is 4.90. The van der Waals surface area contributed by atoms with Crippen molar-refractivity contribution in [2.45, 2.75) is 26.8 Å². The number of benzene rings is 4. The number of carbonyl (C=O) groups is 1. The Balaban J connectivity index is 1.48. The van der Waals surface area contributed by atoms with E-state index in [1.807, 2.05) is 66.9 Å². The van der Waals surface area contributed by atoms with Crippen molar-refractivity contribution < 1.29 is 19.4 Å². The Labute approximate surface area is 204 Å². The van der Waals surface area contributed by atoms with Gasteiger partial charge in [0, 0.05) is 17.3 Å². The van der Waals surface area contributed by atoms with Crippen LogP contribution in [-0.2, 0) is 6.54 Å². The maximum Gasteiger partial charge on any atom is 0.512 e. The van der Waals surface area contributed by atoms with E-state index in [4.69, 9.17) is 9.47 Å². The third kappa shape index (κ3) is 4.58. The van der Waals surface area contributed by atoms with Gasteiger partial charge in [-0.1, -0.05) is 83.9 Å². The predicted octanol–water partition coefficient (Wildman–Crippen LogP) is 7.60. The molecule has 4 aromatic carbocycles. The van der Waals surface area contributed by atoms with Crippen molar-refractivity contribution in [2.75, 3.05) is 6.61 Å². The highest BCUT2D eigenvalue weighted by Gasteiger charge is 2.22. The number of fused-ring (bicyclic) bond motifs is 2. The van der Waals surface area contributed by atoms with Crippen LogP contribution < -0.4 is 9.47 Å². The van der Waals surface area contributed by atoms with Crippen molar-refractivity contribution in [3.63, 3.8) is 0 Å². The van der Waals surface area contributed by atoms with Crippen LogP contribution in [0, 0.1) is 13.8 Å². The standard InChI is InChI=1S/C30H27NO4/c1-20-17-21(2)19-23(18-20)28-25-12-5-6-13-26(25)31(29(28)35-30(32)33)15-8-16-34-27-14-7-10-22-9-3-4-11-24(22)27/h3-7,9-14,17-19H,8,15-16H2,1-2H3,(H,32,33). The van der Waals surface area contributed by atoms with Gasteiger partial charge in [-0.3, -0.25) is 0 Å². The Bertz CT molecular complexity index is 1510. The van der Waals surface area contributed by atoms with Crippen LogP contribution in [0.2, 0.25) is 0 Å². The lowest BCUT2D eigenvalue weighted by molar-refractivity contribution is 0.141.